The highest BCUT2D eigenvalue weighted by molar-refractivity contribution is 7.86. The van der Waals surface area contributed by atoms with Crippen LogP contribution < -0.4 is 0 Å². The first-order chi connectivity index (χ1) is 11.5. The van der Waals surface area contributed by atoms with Crippen molar-refractivity contribution in [2.45, 2.75) is 57.6 Å². The molecule has 0 heterocycles. The highest BCUT2D eigenvalue weighted by atomic mass is 32.2. The summed E-state index contributed by atoms with van der Waals surface area (Å²) in [5.41, 5.74) is -0.820. The fraction of sp³-hybridized carbons (Fsp3) is 0.846. The molecule has 0 aliphatic carbocycles. The van der Waals surface area contributed by atoms with Crippen molar-refractivity contribution in [2.75, 3.05) is 6.61 Å². The van der Waals surface area contributed by atoms with Gasteiger partial charge in [0.05, 0.1) is 12.0 Å². The van der Waals surface area contributed by atoms with Crippen LogP contribution in [0.1, 0.15) is 40.0 Å². The minimum absolute atomic E-state index is 0.341. The molecule has 0 spiro atoms. The van der Waals surface area contributed by atoms with Crippen molar-refractivity contribution in [1.29, 1.82) is 0 Å². The van der Waals surface area contributed by atoms with Crippen molar-refractivity contribution in [1.82, 2.24) is 0 Å². The van der Waals surface area contributed by atoms with Crippen molar-refractivity contribution in [2.24, 2.45) is 5.41 Å². The molecule has 154 valence electrons. The van der Waals surface area contributed by atoms with E-state index in [9.17, 15) is 40.0 Å². The van der Waals surface area contributed by atoms with Gasteiger partial charge in [-0.05, 0) is 26.7 Å². The van der Waals surface area contributed by atoms with Gasteiger partial charge in [0, 0.05) is 6.42 Å². The van der Waals surface area contributed by atoms with Crippen LogP contribution in [0.2, 0.25) is 0 Å². The van der Waals surface area contributed by atoms with Gasteiger partial charge in [-0.15, -0.1) is 0 Å². The Balaban J connectivity index is 4.79. The van der Waals surface area contributed by atoms with Crippen molar-refractivity contribution in [3.8, 4) is 0 Å². The Morgan fingerprint density at radius 2 is 1.62 bits per heavy atom. The van der Waals surface area contributed by atoms with Crippen molar-refractivity contribution >= 4 is 22.1 Å². The number of carbonyl (C=O) groups excluding carboxylic acids is 2. The van der Waals surface area contributed by atoms with E-state index in [1.54, 1.807) is 20.8 Å². The molecule has 26 heavy (non-hydrogen) atoms. The number of halogens is 5. The van der Waals surface area contributed by atoms with E-state index in [1.165, 1.54) is 0 Å². The average molecular weight is 414 g/mol. The van der Waals surface area contributed by atoms with Crippen LogP contribution in [0.15, 0.2) is 0 Å². The SMILES string of the molecule is CCC(C)(C)C(=O)OCCCC(=O)OC(C(F)(F)F)C(F)(F)S(=O)(=O)O. The molecular formula is C13H19F5O7S. The van der Waals surface area contributed by atoms with Crippen LogP contribution in [0.3, 0.4) is 0 Å². The van der Waals surface area contributed by atoms with E-state index in [-0.39, 0.29) is 13.0 Å². The third-order valence-electron chi connectivity index (χ3n) is 3.39. The highest BCUT2D eigenvalue weighted by Crippen LogP contribution is 2.38. The molecule has 0 aromatic carbocycles. The zero-order valence-electron chi connectivity index (χ0n) is 14.1. The normalized spacial score (nSPS) is 14.7. The zero-order valence-corrected chi connectivity index (χ0v) is 14.9. The summed E-state index contributed by atoms with van der Waals surface area (Å²) < 4.78 is 102. The van der Waals surface area contributed by atoms with E-state index < -0.39 is 51.4 Å². The standard InChI is InChI=1S/C13H19F5O7S/c1-4-11(2,3)10(20)24-7-5-6-8(19)25-9(12(14,15)16)13(17,18)26(21,22)23/h9H,4-7H2,1-3H3,(H,21,22,23). The number of hydrogen-bond acceptors (Lipinski definition) is 6. The van der Waals surface area contributed by atoms with E-state index in [0.29, 0.717) is 6.42 Å². The largest absolute Gasteiger partial charge is 0.465 e. The Labute approximate surface area is 146 Å². The van der Waals surface area contributed by atoms with Gasteiger partial charge < -0.3 is 9.47 Å². The summed E-state index contributed by atoms with van der Waals surface area (Å²) in [6.07, 6.45) is -11.1. The molecule has 0 aliphatic rings. The molecule has 0 rings (SSSR count). The van der Waals surface area contributed by atoms with E-state index in [4.69, 9.17) is 9.29 Å². The summed E-state index contributed by atoms with van der Waals surface area (Å²) in [5, 5.41) is -5.78. The Morgan fingerprint density at radius 3 is 2.00 bits per heavy atom. The molecule has 0 radical (unpaired) electrons. The van der Waals surface area contributed by atoms with Gasteiger partial charge in [-0.25, -0.2) is 0 Å². The predicted molar refractivity (Wildman–Crippen MR) is 76.7 cm³/mol. The smallest absolute Gasteiger partial charge is 0.432 e. The Kier molecular flexibility index (Phi) is 7.97. The number of alkyl halides is 5. The van der Waals surface area contributed by atoms with Crippen LogP contribution in [0.25, 0.3) is 0 Å². The minimum atomic E-state index is -6.49. The van der Waals surface area contributed by atoms with Gasteiger partial charge in [0.1, 0.15) is 0 Å². The zero-order chi connectivity index (χ0) is 21.0. The monoisotopic (exact) mass is 414 g/mol. The first-order valence-corrected chi connectivity index (χ1v) is 8.69. The lowest BCUT2D eigenvalue weighted by molar-refractivity contribution is -0.259. The number of rotatable bonds is 9. The van der Waals surface area contributed by atoms with Gasteiger partial charge in [0.2, 0.25) is 0 Å². The Bertz CT molecular complexity index is 613. The number of ether oxygens (including phenoxy) is 2. The first-order valence-electron chi connectivity index (χ1n) is 7.25. The highest BCUT2D eigenvalue weighted by Gasteiger charge is 2.65. The van der Waals surface area contributed by atoms with Gasteiger partial charge in [-0.3, -0.25) is 14.1 Å². The van der Waals surface area contributed by atoms with Crippen LogP contribution in [-0.2, 0) is 29.2 Å². The number of carbonyl (C=O) groups is 2. The molecule has 0 aliphatic heterocycles. The molecule has 13 heteroatoms. The third-order valence-corrected chi connectivity index (χ3v) is 4.29. The summed E-state index contributed by atoms with van der Waals surface area (Å²) in [6, 6.07) is 0. The van der Waals surface area contributed by atoms with E-state index in [2.05, 4.69) is 4.74 Å². The second kappa shape index (κ2) is 8.46. The maximum absolute atomic E-state index is 13.2. The summed E-state index contributed by atoms with van der Waals surface area (Å²) in [5.74, 6) is -2.43. The lowest BCUT2D eigenvalue weighted by atomic mass is 9.91. The quantitative estimate of drug-likeness (QED) is 0.268. The van der Waals surface area contributed by atoms with Crippen LogP contribution in [0.5, 0.6) is 0 Å². The molecule has 0 bridgehead atoms. The Hall–Kier alpha value is -1.50. The number of esters is 2. The van der Waals surface area contributed by atoms with Gasteiger partial charge in [-0.1, -0.05) is 6.92 Å². The van der Waals surface area contributed by atoms with Crippen LogP contribution >= 0.6 is 0 Å². The van der Waals surface area contributed by atoms with E-state index >= 15 is 0 Å². The second-order valence-electron chi connectivity index (χ2n) is 5.93. The predicted octanol–water partition coefficient (Wildman–Crippen LogP) is 2.70. The molecule has 0 aromatic rings. The molecule has 1 atom stereocenters. The summed E-state index contributed by atoms with van der Waals surface area (Å²) in [4.78, 5) is 22.9. The van der Waals surface area contributed by atoms with Gasteiger partial charge in [0.15, 0.2) is 0 Å². The maximum atomic E-state index is 13.2. The Morgan fingerprint density at radius 1 is 1.12 bits per heavy atom. The van der Waals surface area contributed by atoms with Gasteiger partial charge in [0.25, 0.3) is 6.10 Å². The van der Waals surface area contributed by atoms with Crippen LogP contribution in [-0.4, -0.2) is 49.1 Å². The molecule has 0 saturated heterocycles. The average Bonchev–Trinajstić information content (AvgIpc) is 2.46. The summed E-state index contributed by atoms with van der Waals surface area (Å²) in [6.45, 7) is 4.48. The fourth-order valence-electron chi connectivity index (χ4n) is 1.37. The molecule has 7 nitrogen and oxygen atoms in total. The third kappa shape index (κ3) is 6.67. The summed E-state index contributed by atoms with van der Waals surface area (Å²) >= 11 is 0. The minimum Gasteiger partial charge on any atom is -0.465 e. The topological polar surface area (TPSA) is 107 Å². The maximum Gasteiger partial charge on any atom is 0.432 e. The molecule has 0 aromatic heterocycles. The van der Waals surface area contributed by atoms with E-state index in [1.807, 2.05) is 0 Å². The number of hydrogen-bond donors (Lipinski definition) is 1. The van der Waals surface area contributed by atoms with Crippen LogP contribution in [0.4, 0.5) is 22.0 Å². The van der Waals surface area contributed by atoms with Crippen molar-refractivity contribution in [3.63, 3.8) is 0 Å². The molecule has 1 N–H and O–H groups in total. The van der Waals surface area contributed by atoms with Crippen LogP contribution in [0, 0.1) is 5.41 Å². The lowest BCUT2D eigenvalue weighted by Gasteiger charge is -2.26. The molecule has 0 saturated carbocycles. The summed E-state index contributed by atoms with van der Waals surface area (Å²) in [7, 11) is -6.49. The molecule has 1 unspecified atom stereocenters. The van der Waals surface area contributed by atoms with Gasteiger partial charge in [-0.2, -0.15) is 30.4 Å². The second-order valence-corrected chi connectivity index (χ2v) is 7.42. The van der Waals surface area contributed by atoms with Crippen molar-refractivity contribution in [3.05, 3.63) is 0 Å². The van der Waals surface area contributed by atoms with Crippen molar-refractivity contribution < 1.29 is 54.0 Å². The van der Waals surface area contributed by atoms with E-state index in [0.717, 1.165) is 0 Å². The molecule has 0 fully saturated rings. The molecular weight excluding hydrogens is 395 g/mol. The lowest BCUT2D eigenvalue weighted by Crippen LogP contribution is -2.52. The first kappa shape index (κ1) is 24.5. The fourth-order valence-corrected chi connectivity index (χ4v) is 1.82. The van der Waals surface area contributed by atoms with Gasteiger partial charge >= 0.3 is 33.5 Å². The molecule has 0 amide bonds.